The summed E-state index contributed by atoms with van der Waals surface area (Å²) in [5.74, 6) is 0.575. The van der Waals surface area contributed by atoms with Crippen LogP contribution in [-0.4, -0.2) is 24.7 Å². The van der Waals surface area contributed by atoms with Crippen LogP contribution in [0.15, 0.2) is 24.7 Å². The summed E-state index contributed by atoms with van der Waals surface area (Å²) in [6.45, 7) is 0.551. The first-order valence-electron chi connectivity index (χ1n) is 5.00. The molecule has 0 spiro atoms. The van der Waals surface area contributed by atoms with Crippen molar-refractivity contribution < 1.29 is 0 Å². The zero-order valence-electron chi connectivity index (χ0n) is 9.29. The van der Waals surface area contributed by atoms with Crippen LogP contribution < -0.4 is 11.1 Å². The zero-order valence-corrected chi connectivity index (χ0v) is 10.1. The van der Waals surface area contributed by atoms with Crippen molar-refractivity contribution in [2.24, 2.45) is 12.8 Å². The number of nitrogens with one attached hydrogen (secondary N) is 1. The minimum Gasteiger partial charge on any atom is -0.388 e. The highest BCUT2D eigenvalue weighted by molar-refractivity contribution is 7.80. The van der Waals surface area contributed by atoms with Crippen molar-refractivity contribution in [3.8, 4) is 0 Å². The van der Waals surface area contributed by atoms with Gasteiger partial charge in [-0.3, -0.25) is 4.68 Å². The number of hydrogen-bond donors (Lipinski definition) is 2. The van der Waals surface area contributed by atoms with Crippen molar-refractivity contribution in [2.45, 2.75) is 6.54 Å². The SMILES string of the molecule is Cn1ccc(CNc2nccnc2C(N)=S)n1. The summed E-state index contributed by atoms with van der Waals surface area (Å²) < 4.78 is 1.74. The molecule has 0 radical (unpaired) electrons. The predicted octanol–water partition coefficient (Wildman–Crippen LogP) is 0.456. The third kappa shape index (κ3) is 2.76. The molecule has 7 heteroatoms. The highest BCUT2D eigenvalue weighted by Gasteiger charge is 2.07. The van der Waals surface area contributed by atoms with Crippen LogP contribution >= 0.6 is 12.2 Å². The normalized spacial score (nSPS) is 10.2. The van der Waals surface area contributed by atoms with Gasteiger partial charge in [-0.1, -0.05) is 12.2 Å². The lowest BCUT2D eigenvalue weighted by Gasteiger charge is -2.07. The second kappa shape index (κ2) is 4.88. The molecule has 0 saturated carbocycles. The Bertz CT molecular complexity index is 535. The van der Waals surface area contributed by atoms with Gasteiger partial charge in [-0.15, -0.1) is 0 Å². The molecule has 0 amide bonds. The molecule has 0 aromatic carbocycles. The predicted molar refractivity (Wildman–Crippen MR) is 68.5 cm³/mol. The maximum absolute atomic E-state index is 5.56. The minimum absolute atomic E-state index is 0.224. The van der Waals surface area contributed by atoms with Crippen LogP contribution in [0.25, 0.3) is 0 Å². The van der Waals surface area contributed by atoms with E-state index in [9.17, 15) is 0 Å². The maximum atomic E-state index is 5.56. The van der Waals surface area contributed by atoms with Crippen LogP contribution in [0.2, 0.25) is 0 Å². The van der Waals surface area contributed by atoms with Gasteiger partial charge in [0.25, 0.3) is 0 Å². The first-order chi connectivity index (χ1) is 8.16. The number of aryl methyl sites for hydroxylation is 1. The number of thiocarbonyl (C=S) groups is 1. The average molecular weight is 248 g/mol. The Kier molecular flexibility index (Phi) is 3.29. The molecular weight excluding hydrogens is 236 g/mol. The van der Waals surface area contributed by atoms with E-state index in [2.05, 4.69) is 20.4 Å². The van der Waals surface area contributed by atoms with E-state index in [-0.39, 0.29) is 4.99 Å². The van der Waals surface area contributed by atoms with E-state index < -0.39 is 0 Å². The lowest BCUT2D eigenvalue weighted by atomic mass is 10.3. The molecule has 0 bridgehead atoms. The Morgan fingerprint density at radius 2 is 2.24 bits per heavy atom. The fourth-order valence-electron chi connectivity index (χ4n) is 1.38. The molecule has 0 atom stereocenters. The van der Waals surface area contributed by atoms with Gasteiger partial charge >= 0.3 is 0 Å². The van der Waals surface area contributed by atoms with Gasteiger partial charge in [-0.25, -0.2) is 9.97 Å². The Balaban J connectivity index is 2.11. The molecule has 3 N–H and O–H groups in total. The molecular formula is C10H12N6S. The van der Waals surface area contributed by atoms with Gasteiger partial charge < -0.3 is 11.1 Å². The maximum Gasteiger partial charge on any atom is 0.155 e. The topological polar surface area (TPSA) is 81.7 Å². The largest absolute Gasteiger partial charge is 0.388 e. The fraction of sp³-hybridized carbons (Fsp3) is 0.200. The van der Waals surface area contributed by atoms with Gasteiger partial charge in [-0.05, 0) is 6.07 Å². The van der Waals surface area contributed by atoms with E-state index in [1.165, 1.54) is 0 Å². The van der Waals surface area contributed by atoms with Gasteiger partial charge in [0.2, 0.25) is 0 Å². The number of aromatic nitrogens is 4. The quantitative estimate of drug-likeness (QED) is 0.765. The van der Waals surface area contributed by atoms with Crippen LogP contribution in [0, 0.1) is 0 Å². The van der Waals surface area contributed by atoms with E-state index >= 15 is 0 Å². The second-order valence-electron chi connectivity index (χ2n) is 3.45. The lowest BCUT2D eigenvalue weighted by molar-refractivity contribution is 0.747. The Morgan fingerprint density at radius 3 is 2.88 bits per heavy atom. The van der Waals surface area contributed by atoms with Crippen molar-refractivity contribution in [3.05, 3.63) is 36.0 Å². The standard InChI is InChI=1S/C10H12N6S/c1-16-5-2-7(15-16)6-14-10-8(9(11)17)12-3-4-13-10/h2-5H,6H2,1H3,(H2,11,17)(H,13,14). The summed E-state index contributed by atoms with van der Waals surface area (Å²) in [7, 11) is 1.87. The lowest BCUT2D eigenvalue weighted by Crippen LogP contribution is -2.16. The van der Waals surface area contributed by atoms with Gasteiger partial charge in [0.15, 0.2) is 5.82 Å². The first-order valence-corrected chi connectivity index (χ1v) is 5.41. The fourth-order valence-corrected chi connectivity index (χ4v) is 1.53. The van der Waals surface area contributed by atoms with Crippen LogP contribution in [0.1, 0.15) is 11.4 Å². The summed E-state index contributed by atoms with van der Waals surface area (Å²) in [5, 5.41) is 7.35. The molecule has 17 heavy (non-hydrogen) atoms. The zero-order chi connectivity index (χ0) is 12.3. The number of anilines is 1. The number of hydrogen-bond acceptors (Lipinski definition) is 5. The van der Waals surface area contributed by atoms with E-state index in [4.69, 9.17) is 18.0 Å². The van der Waals surface area contributed by atoms with Crippen molar-refractivity contribution in [1.82, 2.24) is 19.7 Å². The molecule has 2 rings (SSSR count). The smallest absolute Gasteiger partial charge is 0.155 e. The van der Waals surface area contributed by atoms with Crippen molar-refractivity contribution in [1.29, 1.82) is 0 Å². The molecule has 0 saturated heterocycles. The van der Waals surface area contributed by atoms with Gasteiger partial charge in [0, 0.05) is 25.6 Å². The molecule has 2 aromatic rings. The Hall–Kier alpha value is -2.02. The van der Waals surface area contributed by atoms with Crippen LogP contribution in [0.5, 0.6) is 0 Å². The van der Waals surface area contributed by atoms with Crippen LogP contribution in [0.3, 0.4) is 0 Å². The highest BCUT2D eigenvalue weighted by Crippen LogP contribution is 2.09. The first kappa shape index (κ1) is 11.5. The van der Waals surface area contributed by atoms with E-state index in [1.54, 1.807) is 17.1 Å². The number of rotatable bonds is 4. The average Bonchev–Trinajstić information content (AvgIpc) is 2.73. The molecule has 2 heterocycles. The van der Waals surface area contributed by atoms with Crippen molar-refractivity contribution >= 4 is 23.0 Å². The van der Waals surface area contributed by atoms with Gasteiger partial charge in [0.1, 0.15) is 10.7 Å². The monoisotopic (exact) mass is 248 g/mol. The highest BCUT2D eigenvalue weighted by atomic mass is 32.1. The van der Waals surface area contributed by atoms with E-state index in [0.717, 1.165) is 5.69 Å². The minimum atomic E-state index is 0.224. The van der Waals surface area contributed by atoms with Gasteiger partial charge in [0.05, 0.1) is 12.2 Å². The van der Waals surface area contributed by atoms with Gasteiger partial charge in [-0.2, -0.15) is 5.10 Å². The molecule has 0 aliphatic rings. The molecule has 0 unspecified atom stereocenters. The molecule has 0 fully saturated rings. The van der Waals surface area contributed by atoms with Crippen molar-refractivity contribution in [3.63, 3.8) is 0 Å². The second-order valence-corrected chi connectivity index (χ2v) is 3.89. The van der Waals surface area contributed by atoms with E-state index in [0.29, 0.717) is 18.1 Å². The third-order valence-corrected chi connectivity index (χ3v) is 2.33. The molecule has 0 aliphatic carbocycles. The molecule has 6 nitrogen and oxygen atoms in total. The summed E-state index contributed by atoms with van der Waals surface area (Å²) in [6.07, 6.45) is 5.02. The molecule has 88 valence electrons. The Morgan fingerprint density at radius 1 is 1.47 bits per heavy atom. The van der Waals surface area contributed by atoms with E-state index in [1.807, 2.05) is 19.3 Å². The molecule has 0 aliphatic heterocycles. The summed E-state index contributed by atoms with van der Waals surface area (Å²) in [6, 6.07) is 1.92. The summed E-state index contributed by atoms with van der Waals surface area (Å²) >= 11 is 4.90. The number of nitrogens with two attached hydrogens (primary N) is 1. The molecule has 2 aromatic heterocycles. The van der Waals surface area contributed by atoms with Crippen LogP contribution in [-0.2, 0) is 13.6 Å². The number of nitrogens with zero attached hydrogens (tertiary/aromatic N) is 4. The third-order valence-electron chi connectivity index (χ3n) is 2.14. The van der Waals surface area contributed by atoms with Crippen molar-refractivity contribution in [2.75, 3.05) is 5.32 Å². The van der Waals surface area contributed by atoms with Crippen LogP contribution in [0.4, 0.5) is 5.82 Å². The summed E-state index contributed by atoms with van der Waals surface area (Å²) in [4.78, 5) is 8.45. The summed E-state index contributed by atoms with van der Waals surface area (Å²) in [5.41, 5.74) is 6.96. The Labute approximate surface area is 104 Å².